The normalized spacial score (nSPS) is 19.9. The molecule has 1 aliphatic heterocycles. The molecule has 1 atom stereocenters. The minimum atomic E-state index is -0.355. The van der Waals surface area contributed by atoms with Crippen LogP contribution in [0.3, 0.4) is 0 Å². The first-order chi connectivity index (χ1) is 8.16. The van der Waals surface area contributed by atoms with Crippen LogP contribution in [-0.4, -0.2) is 35.3 Å². The number of phenols is 2. The molecule has 0 spiro atoms. The molecule has 1 amide bonds. The molecule has 1 fully saturated rings. The van der Waals surface area contributed by atoms with E-state index < -0.39 is 0 Å². The molecule has 1 aromatic rings. The number of amides is 1. The zero-order valence-corrected chi connectivity index (χ0v) is 9.44. The Kier molecular flexibility index (Phi) is 3.49. The van der Waals surface area contributed by atoms with Gasteiger partial charge in [0.1, 0.15) is 11.5 Å². The summed E-state index contributed by atoms with van der Waals surface area (Å²) in [6, 6.07) is 4.00. The van der Waals surface area contributed by atoms with Gasteiger partial charge in [-0.3, -0.25) is 4.79 Å². The van der Waals surface area contributed by atoms with E-state index >= 15 is 0 Å². The first-order valence-electron chi connectivity index (χ1n) is 5.70. The summed E-state index contributed by atoms with van der Waals surface area (Å²) >= 11 is 0. The maximum Gasteiger partial charge on any atom is 0.255 e. The number of aromatic hydroxyl groups is 2. The lowest BCUT2D eigenvalue weighted by atomic mass is 10.1. The first-order valence-corrected chi connectivity index (χ1v) is 5.70. The second-order valence-corrected chi connectivity index (χ2v) is 4.22. The average molecular weight is 236 g/mol. The molecule has 2 rings (SSSR count). The van der Waals surface area contributed by atoms with Gasteiger partial charge in [-0.2, -0.15) is 0 Å². The largest absolute Gasteiger partial charge is 0.508 e. The van der Waals surface area contributed by atoms with Crippen LogP contribution in [0.4, 0.5) is 0 Å². The van der Waals surface area contributed by atoms with Gasteiger partial charge in [0.25, 0.3) is 5.91 Å². The number of rotatable bonds is 2. The Bertz CT molecular complexity index is 414. The number of carbonyl (C=O) groups excluding carboxylic acids is 1. The SMILES string of the molecule is O=C(NC1CCCNC1)c1cc(O)ccc1O. The van der Waals surface area contributed by atoms with Crippen LogP contribution in [0.15, 0.2) is 18.2 Å². The summed E-state index contributed by atoms with van der Waals surface area (Å²) in [5.41, 5.74) is 0.107. The molecule has 1 saturated heterocycles. The van der Waals surface area contributed by atoms with E-state index in [-0.39, 0.29) is 29.0 Å². The zero-order chi connectivity index (χ0) is 12.3. The quantitative estimate of drug-likeness (QED) is 0.566. The highest BCUT2D eigenvalue weighted by Crippen LogP contribution is 2.22. The standard InChI is InChI=1S/C12H16N2O3/c15-9-3-4-11(16)10(6-9)12(17)14-8-2-1-5-13-7-8/h3-4,6,8,13,15-16H,1-2,5,7H2,(H,14,17). The molecule has 0 bridgehead atoms. The molecule has 0 aliphatic carbocycles. The van der Waals surface area contributed by atoms with Gasteiger partial charge in [-0.1, -0.05) is 0 Å². The topological polar surface area (TPSA) is 81.6 Å². The van der Waals surface area contributed by atoms with E-state index in [0.29, 0.717) is 0 Å². The predicted octanol–water partition coefficient (Wildman–Crippen LogP) is 0.580. The van der Waals surface area contributed by atoms with E-state index in [1.807, 2.05) is 0 Å². The lowest BCUT2D eigenvalue weighted by molar-refractivity contribution is 0.0927. The fraction of sp³-hybridized carbons (Fsp3) is 0.417. The molecular weight excluding hydrogens is 220 g/mol. The Hall–Kier alpha value is -1.75. The summed E-state index contributed by atoms with van der Waals surface area (Å²) in [6.45, 7) is 1.72. The van der Waals surface area contributed by atoms with Crippen molar-refractivity contribution in [1.29, 1.82) is 0 Å². The molecule has 5 heteroatoms. The third-order valence-electron chi connectivity index (χ3n) is 2.86. The fourth-order valence-electron chi connectivity index (χ4n) is 1.94. The van der Waals surface area contributed by atoms with Crippen molar-refractivity contribution < 1.29 is 15.0 Å². The lowest BCUT2D eigenvalue weighted by Crippen LogP contribution is -2.45. The Morgan fingerprint density at radius 2 is 2.24 bits per heavy atom. The highest BCUT2D eigenvalue weighted by molar-refractivity contribution is 5.97. The van der Waals surface area contributed by atoms with Gasteiger partial charge in [0.15, 0.2) is 0 Å². The van der Waals surface area contributed by atoms with E-state index in [1.54, 1.807) is 0 Å². The Balaban J connectivity index is 2.05. The van der Waals surface area contributed by atoms with Gasteiger partial charge >= 0.3 is 0 Å². The monoisotopic (exact) mass is 236 g/mol. The summed E-state index contributed by atoms with van der Waals surface area (Å²) in [6.07, 6.45) is 1.95. The van der Waals surface area contributed by atoms with E-state index in [0.717, 1.165) is 25.9 Å². The van der Waals surface area contributed by atoms with Crippen molar-refractivity contribution in [1.82, 2.24) is 10.6 Å². The van der Waals surface area contributed by atoms with Crippen LogP contribution >= 0.6 is 0 Å². The van der Waals surface area contributed by atoms with Crippen molar-refractivity contribution in [2.24, 2.45) is 0 Å². The number of phenolic OH excluding ortho intramolecular Hbond substituents is 2. The molecule has 0 radical (unpaired) electrons. The van der Waals surface area contributed by atoms with E-state index in [9.17, 15) is 15.0 Å². The van der Waals surface area contributed by atoms with Gasteiger partial charge in [-0.15, -0.1) is 0 Å². The summed E-state index contributed by atoms with van der Waals surface area (Å²) in [5, 5.41) is 24.9. The predicted molar refractivity (Wildman–Crippen MR) is 63.1 cm³/mol. The van der Waals surface area contributed by atoms with Crippen molar-refractivity contribution in [2.75, 3.05) is 13.1 Å². The molecule has 4 N–H and O–H groups in total. The maximum absolute atomic E-state index is 11.9. The van der Waals surface area contributed by atoms with E-state index in [2.05, 4.69) is 10.6 Å². The Labute approximate surface area is 99.5 Å². The molecule has 1 aliphatic rings. The summed E-state index contributed by atoms with van der Waals surface area (Å²) < 4.78 is 0. The van der Waals surface area contributed by atoms with Gasteiger partial charge in [-0.05, 0) is 37.6 Å². The van der Waals surface area contributed by atoms with Crippen LogP contribution in [0.2, 0.25) is 0 Å². The molecule has 17 heavy (non-hydrogen) atoms. The third kappa shape index (κ3) is 2.88. The summed E-state index contributed by atoms with van der Waals surface area (Å²) in [5.74, 6) is -0.508. The van der Waals surface area contributed by atoms with Crippen LogP contribution < -0.4 is 10.6 Å². The molecule has 0 aromatic heterocycles. The average Bonchev–Trinajstić information content (AvgIpc) is 2.33. The number of hydrogen-bond acceptors (Lipinski definition) is 4. The molecular formula is C12H16N2O3. The van der Waals surface area contributed by atoms with Gasteiger partial charge in [0, 0.05) is 12.6 Å². The molecule has 0 saturated carbocycles. The van der Waals surface area contributed by atoms with Crippen molar-refractivity contribution in [3.8, 4) is 11.5 Å². The van der Waals surface area contributed by atoms with Crippen molar-refractivity contribution >= 4 is 5.91 Å². The van der Waals surface area contributed by atoms with Crippen LogP contribution in [-0.2, 0) is 0 Å². The first kappa shape index (κ1) is 11.7. The molecule has 1 heterocycles. The second-order valence-electron chi connectivity index (χ2n) is 4.22. The highest BCUT2D eigenvalue weighted by atomic mass is 16.3. The molecule has 1 aromatic carbocycles. The van der Waals surface area contributed by atoms with Crippen LogP contribution in [0.5, 0.6) is 11.5 Å². The highest BCUT2D eigenvalue weighted by Gasteiger charge is 2.18. The van der Waals surface area contributed by atoms with Gasteiger partial charge in [0.05, 0.1) is 5.56 Å². The minimum Gasteiger partial charge on any atom is -0.508 e. The summed E-state index contributed by atoms with van der Waals surface area (Å²) in [7, 11) is 0. The number of carbonyl (C=O) groups is 1. The van der Waals surface area contributed by atoms with E-state index in [1.165, 1.54) is 18.2 Å². The third-order valence-corrected chi connectivity index (χ3v) is 2.86. The van der Waals surface area contributed by atoms with Crippen molar-refractivity contribution in [3.63, 3.8) is 0 Å². The number of nitrogens with one attached hydrogen (secondary N) is 2. The fourth-order valence-corrected chi connectivity index (χ4v) is 1.94. The van der Waals surface area contributed by atoms with E-state index in [4.69, 9.17) is 0 Å². The lowest BCUT2D eigenvalue weighted by Gasteiger charge is -2.23. The number of piperidine rings is 1. The van der Waals surface area contributed by atoms with Gasteiger partial charge in [0.2, 0.25) is 0 Å². The molecule has 5 nitrogen and oxygen atoms in total. The second kappa shape index (κ2) is 5.05. The van der Waals surface area contributed by atoms with Gasteiger partial charge in [-0.25, -0.2) is 0 Å². The number of benzene rings is 1. The number of hydrogen-bond donors (Lipinski definition) is 4. The Morgan fingerprint density at radius 3 is 2.94 bits per heavy atom. The summed E-state index contributed by atoms with van der Waals surface area (Å²) in [4.78, 5) is 11.9. The molecule has 1 unspecified atom stereocenters. The van der Waals surface area contributed by atoms with Crippen molar-refractivity contribution in [3.05, 3.63) is 23.8 Å². The smallest absolute Gasteiger partial charge is 0.255 e. The van der Waals surface area contributed by atoms with Crippen LogP contribution in [0, 0.1) is 0 Å². The van der Waals surface area contributed by atoms with Gasteiger partial charge < -0.3 is 20.8 Å². The van der Waals surface area contributed by atoms with Crippen LogP contribution in [0.1, 0.15) is 23.2 Å². The zero-order valence-electron chi connectivity index (χ0n) is 9.44. The minimum absolute atomic E-state index is 0.0327. The van der Waals surface area contributed by atoms with Crippen molar-refractivity contribution in [2.45, 2.75) is 18.9 Å². The van der Waals surface area contributed by atoms with Crippen LogP contribution in [0.25, 0.3) is 0 Å². The Morgan fingerprint density at radius 1 is 1.41 bits per heavy atom. The maximum atomic E-state index is 11.9. The molecule has 92 valence electrons.